The molecule has 0 radical (unpaired) electrons. The van der Waals surface area contributed by atoms with Crippen LogP contribution in [0.4, 0.5) is 5.82 Å². The van der Waals surface area contributed by atoms with Gasteiger partial charge >= 0.3 is 0 Å². The van der Waals surface area contributed by atoms with Gasteiger partial charge in [-0.1, -0.05) is 18.2 Å². The lowest BCUT2D eigenvalue weighted by molar-refractivity contribution is 0.0679. The Morgan fingerprint density at radius 1 is 1.16 bits per heavy atom. The van der Waals surface area contributed by atoms with E-state index in [1.165, 1.54) is 6.26 Å². The number of aromatic nitrogens is 4. The normalized spacial score (nSPS) is 15.1. The van der Waals surface area contributed by atoms with Crippen molar-refractivity contribution in [2.45, 2.75) is 18.8 Å². The van der Waals surface area contributed by atoms with Crippen molar-refractivity contribution < 1.29 is 9.21 Å². The minimum atomic E-state index is -0.0614. The number of hydrogen-bond acceptors (Lipinski definition) is 5. The Hall–Kier alpha value is -4.07. The van der Waals surface area contributed by atoms with Crippen molar-refractivity contribution in [3.8, 4) is 11.4 Å². The number of H-pyrrole nitrogens is 1. The fourth-order valence-electron chi connectivity index (χ4n) is 4.66. The highest BCUT2D eigenvalue weighted by Crippen LogP contribution is 2.35. The van der Waals surface area contributed by atoms with E-state index in [-0.39, 0.29) is 11.8 Å². The first-order valence-electron chi connectivity index (χ1n) is 10.7. The smallest absolute Gasteiger partial charge is 0.289 e. The third kappa shape index (κ3) is 2.95. The number of imidazole rings is 1. The van der Waals surface area contributed by atoms with Crippen LogP contribution in [-0.2, 0) is 0 Å². The molecule has 0 aliphatic carbocycles. The Labute approximate surface area is 183 Å². The van der Waals surface area contributed by atoms with Crippen molar-refractivity contribution in [1.29, 1.82) is 0 Å². The number of rotatable bonds is 3. The molecule has 1 aromatic carbocycles. The maximum Gasteiger partial charge on any atom is 0.289 e. The van der Waals surface area contributed by atoms with Gasteiger partial charge in [0.05, 0.1) is 12.0 Å². The van der Waals surface area contributed by atoms with Gasteiger partial charge in [0, 0.05) is 42.3 Å². The number of piperidine rings is 1. The summed E-state index contributed by atoms with van der Waals surface area (Å²) >= 11 is 0. The average molecular weight is 426 g/mol. The number of nitrogens with two attached hydrogens (primary N) is 1. The summed E-state index contributed by atoms with van der Waals surface area (Å²) in [5, 5.41) is 1.12. The van der Waals surface area contributed by atoms with Crippen LogP contribution < -0.4 is 5.73 Å². The van der Waals surface area contributed by atoms with Gasteiger partial charge in [-0.05, 0) is 37.1 Å². The lowest BCUT2D eigenvalue weighted by Crippen LogP contribution is -2.38. The summed E-state index contributed by atoms with van der Waals surface area (Å²) in [4.78, 5) is 27.3. The van der Waals surface area contributed by atoms with Crippen LogP contribution in [0.3, 0.4) is 0 Å². The molecule has 1 aliphatic heterocycles. The summed E-state index contributed by atoms with van der Waals surface area (Å²) < 4.78 is 7.33. The Morgan fingerprint density at radius 2 is 2.00 bits per heavy atom. The highest BCUT2D eigenvalue weighted by molar-refractivity contribution is 5.92. The molecule has 1 fully saturated rings. The topological polar surface area (TPSA) is 105 Å². The number of carbonyl (C=O) groups is 1. The largest absolute Gasteiger partial charge is 0.459 e. The fourth-order valence-corrected chi connectivity index (χ4v) is 4.66. The Morgan fingerprint density at radius 3 is 2.78 bits per heavy atom. The number of para-hydroxylation sites is 1. The second-order valence-corrected chi connectivity index (χ2v) is 8.16. The SMILES string of the molecule is Nc1nccn2c(C3CCN(C(=O)c4ccco4)CC3)nc(-c3cc4ccccc4[nH]3)c12. The Balaban J connectivity index is 1.35. The van der Waals surface area contributed by atoms with E-state index >= 15 is 0 Å². The van der Waals surface area contributed by atoms with Gasteiger partial charge in [0.1, 0.15) is 22.9 Å². The zero-order valence-electron chi connectivity index (χ0n) is 17.4. The minimum Gasteiger partial charge on any atom is -0.459 e. The lowest BCUT2D eigenvalue weighted by atomic mass is 9.96. The number of benzene rings is 1. The van der Waals surface area contributed by atoms with E-state index in [1.807, 2.05) is 29.3 Å². The van der Waals surface area contributed by atoms with Crippen molar-refractivity contribution in [1.82, 2.24) is 24.3 Å². The van der Waals surface area contributed by atoms with Gasteiger partial charge in [-0.25, -0.2) is 9.97 Å². The zero-order chi connectivity index (χ0) is 21.7. The maximum absolute atomic E-state index is 12.6. The fraction of sp³-hybridized carbons (Fsp3) is 0.208. The number of aromatic amines is 1. The van der Waals surface area contributed by atoms with E-state index in [0.29, 0.717) is 24.7 Å². The summed E-state index contributed by atoms with van der Waals surface area (Å²) in [6.45, 7) is 1.31. The molecular formula is C24H22N6O2. The molecule has 5 aromatic rings. The monoisotopic (exact) mass is 426 g/mol. The molecule has 32 heavy (non-hydrogen) atoms. The number of nitrogens with one attached hydrogen (secondary N) is 1. The molecule has 3 N–H and O–H groups in total. The molecule has 5 heterocycles. The van der Waals surface area contributed by atoms with Crippen LogP contribution in [0.25, 0.3) is 27.8 Å². The molecule has 1 saturated heterocycles. The van der Waals surface area contributed by atoms with E-state index < -0.39 is 0 Å². The van der Waals surface area contributed by atoms with Crippen LogP contribution in [0.5, 0.6) is 0 Å². The van der Waals surface area contributed by atoms with Crippen LogP contribution in [0, 0.1) is 0 Å². The maximum atomic E-state index is 12.6. The van der Waals surface area contributed by atoms with E-state index in [1.54, 1.807) is 18.3 Å². The van der Waals surface area contributed by atoms with Gasteiger partial charge in [-0.15, -0.1) is 0 Å². The second-order valence-electron chi connectivity index (χ2n) is 8.16. The molecule has 8 nitrogen and oxygen atoms in total. The molecule has 0 saturated carbocycles. The predicted octanol–water partition coefficient (Wildman–Crippen LogP) is 4.07. The molecule has 1 aliphatic rings. The number of amides is 1. The number of likely N-dealkylation sites (tertiary alicyclic amines) is 1. The van der Waals surface area contributed by atoms with Crippen LogP contribution in [0.15, 0.2) is 65.5 Å². The van der Waals surface area contributed by atoms with Gasteiger partial charge in [-0.3, -0.25) is 9.20 Å². The van der Waals surface area contributed by atoms with Crippen molar-refractivity contribution in [3.05, 3.63) is 72.7 Å². The Bertz CT molecular complexity index is 1390. The van der Waals surface area contributed by atoms with Gasteiger partial charge in [0.25, 0.3) is 5.91 Å². The highest BCUT2D eigenvalue weighted by atomic mass is 16.3. The van der Waals surface area contributed by atoms with Crippen LogP contribution in [0.1, 0.15) is 35.1 Å². The number of furan rings is 1. The first-order chi connectivity index (χ1) is 15.7. The highest BCUT2D eigenvalue weighted by Gasteiger charge is 2.29. The number of nitrogen functional groups attached to an aromatic ring is 1. The molecule has 0 bridgehead atoms. The molecule has 8 heteroatoms. The third-order valence-corrected chi connectivity index (χ3v) is 6.27. The predicted molar refractivity (Wildman–Crippen MR) is 121 cm³/mol. The summed E-state index contributed by atoms with van der Waals surface area (Å²) in [7, 11) is 0. The number of nitrogens with zero attached hydrogens (tertiary/aromatic N) is 4. The molecule has 0 unspecified atom stereocenters. The van der Waals surface area contributed by atoms with Crippen molar-refractivity contribution >= 4 is 28.1 Å². The van der Waals surface area contributed by atoms with Crippen molar-refractivity contribution in [3.63, 3.8) is 0 Å². The molecule has 0 atom stereocenters. The Kier molecular flexibility index (Phi) is 4.24. The molecule has 1 amide bonds. The number of fused-ring (bicyclic) bond motifs is 2. The summed E-state index contributed by atoms with van der Waals surface area (Å²) in [5.74, 6) is 1.93. The zero-order valence-corrected chi connectivity index (χ0v) is 17.4. The van der Waals surface area contributed by atoms with Crippen LogP contribution in [0.2, 0.25) is 0 Å². The first kappa shape index (κ1) is 18.7. The van der Waals surface area contributed by atoms with Gasteiger partial charge in [0.2, 0.25) is 0 Å². The molecule has 0 spiro atoms. The summed E-state index contributed by atoms with van der Waals surface area (Å²) in [6.07, 6.45) is 6.79. The van der Waals surface area contributed by atoms with E-state index in [9.17, 15) is 4.79 Å². The lowest BCUT2D eigenvalue weighted by Gasteiger charge is -2.30. The van der Waals surface area contributed by atoms with E-state index in [2.05, 4.69) is 26.5 Å². The number of anilines is 1. The van der Waals surface area contributed by atoms with E-state index in [4.69, 9.17) is 15.1 Å². The summed E-state index contributed by atoms with van der Waals surface area (Å²) in [5.41, 5.74) is 9.88. The second kappa shape index (κ2) is 7.26. The quantitative estimate of drug-likeness (QED) is 0.452. The van der Waals surface area contributed by atoms with Crippen molar-refractivity contribution in [2.75, 3.05) is 18.8 Å². The standard InChI is InChI=1S/C24H22N6O2/c25-22-21-20(18-14-16-4-1-2-5-17(16)27-18)28-23(30(21)12-9-26-22)15-7-10-29(11-8-15)24(31)19-6-3-13-32-19/h1-6,9,12-15,27H,7-8,10-11H2,(H2,25,26). The van der Waals surface area contributed by atoms with Gasteiger partial charge in [0.15, 0.2) is 5.76 Å². The van der Waals surface area contributed by atoms with Crippen LogP contribution >= 0.6 is 0 Å². The third-order valence-electron chi connectivity index (χ3n) is 6.27. The molecular weight excluding hydrogens is 404 g/mol. The number of carbonyl (C=O) groups excluding carboxylic acids is 1. The van der Waals surface area contributed by atoms with E-state index in [0.717, 1.165) is 46.5 Å². The first-order valence-corrected chi connectivity index (χ1v) is 10.7. The average Bonchev–Trinajstić information content (AvgIpc) is 3.57. The van der Waals surface area contributed by atoms with Crippen LogP contribution in [-0.4, -0.2) is 43.2 Å². The molecule has 4 aromatic heterocycles. The molecule has 160 valence electrons. The summed E-state index contributed by atoms with van der Waals surface area (Å²) in [6, 6.07) is 13.7. The number of hydrogen-bond donors (Lipinski definition) is 2. The van der Waals surface area contributed by atoms with Gasteiger partial charge < -0.3 is 20.0 Å². The van der Waals surface area contributed by atoms with Crippen molar-refractivity contribution in [2.24, 2.45) is 0 Å². The minimum absolute atomic E-state index is 0.0614. The van der Waals surface area contributed by atoms with Gasteiger partial charge in [-0.2, -0.15) is 0 Å². The molecule has 6 rings (SSSR count).